The standard InChI is InChI=1S/C19H40O8S2/c1-6-7-8-9-10-11-12-13-14-15-16-17(2)18(3,4)19(5,26-28(20,21)22)27-29(23,24)25/h17H,6-16H2,1-5H3,(H,20,21,22)(H,23,24,25)/p-1. The summed E-state index contributed by atoms with van der Waals surface area (Å²) < 4.78 is 73.7. The van der Waals surface area contributed by atoms with Crippen molar-refractivity contribution in [2.45, 2.75) is 111 Å². The third-order valence-corrected chi connectivity index (χ3v) is 6.97. The molecule has 0 rings (SSSR count). The molecule has 0 aromatic rings. The number of rotatable bonds is 17. The molecule has 1 N–H and O–H groups in total. The summed E-state index contributed by atoms with van der Waals surface area (Å²) in [5, 5.41) is 0. The minimum atomic E-state index is -5.27. The van der Waals surface area contributed by atoms with Crippen molar-refractivity contribution in [1.82, 2.24) is 0 Å². The summed E-state index contributed by atoms with van der Waals surface area (Å²) in [6, 6.07) is 0. The summed E-state index contributed by atoms with van der Waals surface area (Å²) in [5.74, 6) is -2.61. The number of unbranched alkanes of at least 4 members (excludes halogenated alkanes) is 9. The highest BCUT2D eigenvalue weighted by atomic mass is 32.3. The molecule has 29 heavy (non-hydrogen) atoms. The van der Waals surface area contributed by atoms with Gasteiger partial charge >= 0.3 is 10.4 Å². The van der Waals surface area contributed by atoms with Crippen LogP contribution in [0.25, 0.3) is 0 Å². The first-order chi connectivity index (χ1) is 13.1. The van der Waals surface area contributed by atoms with Gasteiger partial charge in [-0.3, -0.25) is 4.55 Å². The van der Waals surface area contributed by atoms with Crippen molar-refractivity contribution in [3.8, 4) is 0 Å². The lowest BCUT2D eigenvalue weighted by molar-refractivity contribution is -0.196. The molecule has 0 saturated heterocycles. The van der Waals surface area contributed by atoms with E-state index < -0.39 is 32.0 Å². The Morgan fingerprint density at radius 3 is 1.62 bits per heavy atom. The summed E-state index contributed by atoms with van der Waals surface area (Å²) in [5.41, 5.74) is -1.19. The van der Waals surface area contributed by atoms with E-state index in [1.165, 1.54) is 44.9 Å². The van der Waals surface area contributed by atoms with Crippen molar-refractivity contribution in [1.29, 1.82) is 0 Å². The maximum absolute atomic E-state index is 11.2. The minimum Gasteiger partial charge on any atom is -0.725 e. The molecule has 0 aliphatic rings. The van der Waals surface area contributed by atoms with E-state index in [-0.39, 0.29) is 5.92 Å². The number of hydrogen-bond acceptors (Lipinski definition) is 7. The lowest BCUT2D eigenvalue weighted by Gasteiger charge is -2.45. The van der Waals surface area contributed by atoms with Crippen molar-refractivity contribution in [3.63, 3.8) is 0 Å². The Bertz CT molecular complexity index is 622. The van der Waals surface area contributed by atoms with Crippen LogP contribution in [0, 0.1) is 11.3 Å². The molecule has 0 aromatic carbocycles. The van der Waals surface area contributed by atoms with Gasteiger partial charge in [0.25, 0.3) is 0 Å². The third kappa shape index (κ3) is 12.2. The van der Waals surface area contributed by atoms with Gasteiger partial charge in [0.1, 0.15) is 0 Å². The molecule has 0 amide bonds. The first kappa shape index (κ1) is 28.7. The topological polar surface area (TPSA) is 130 Å². The van der Waals surface area contributed by atoms with Crippen LogP contribution in [0.4, 0.5) is 0 Å². The van der Waals surface area contributed by atoms with Crippen molar-refractivity contribution in [2.75, 3.05) is 0 Å². The Labute approximate surface area is 177 Å². The lowest BCUT2D eigenvalue weighted by Crippen LogP contribution is -2.52. The molecular formula is C19H39O8S2-. The third-order valence-electron chi connectivity index (χ3n) is 5.92. The molecule has 0 bridgehead atoms. The highest BCUT2D eigenvalue weighted by Gasteiger charge is 2.51. The zero-order chi connectivity index (χ0) is 22.8. The smallest absolute Gasteiger partial charge is 0.400 e. The molecule has 0 aromatic heterocycles. The van der Waals surface area contributed by atoms with Crippen LogP contribution in [0.15, 0.2) is 0 Å². The van der Waals surface area contributed by atoms with Crippen LogP contribution in [0.1, 0.15) is 105 Å². The fourth-order valence-electron chi connectivity index (χ4n) is 3.37. The fourth-order valence-corrected chi connectivity index (χ4v) is 4.70. The van der Waals surface area contributed by atoms with Gasteiger partial charge in [0.05, 0.1) is 0 Å². The minimum absolute atomic E-state index is 0.245. The average Bonchev–Trinajstić information content (AvgIpc) is 2.52. The van der Waals surface area contributed by atoms with Crippen LogP contribution in [0.2, 0.25) is 0 Å². The average molecular weight is 460 g/mol. The van der Waals surface area contributed by atoms with Crippen molar-refractivity contribution < 1.29 is 34.3 Å². The Morgan fingerprint density at radius 1 is 0.828 bits per heavy atom. The Morgan fingerprint density at radius 2 is 1.24 bits per heavy atom. The van der Waals surface area contributed by atoms with Gasteiger partial charge < -0.3 is 4.55 Å². The van der Waals surface area contributed by atoms with Crippen molar-refractivity contribution in [2.24, 2.45) is 11.3 Å². The first-order valence-corrected chi connectivity index (χ1v) is 13.2. The van der Waals surface area contributed by atoms with E-state index in [2.05, 4.69) is 15.3 Å². The van der Waals surface area contributed by atoms with Crippen LogP contribution in [0.5, 0.6) is 0 Å². The predicted molar refractivity (Wildman–Crippen MR) is 111 cm³/mol. The largest absolute Gasteiger partial charge is 0.725 e. The maximum atomic E-state index is 11.2. The van der Waals surface area contributed by atoms with Crippen LogP contribution in [-0.4, -0.2) is 31.7 Å². The van der Waals surface area contributed by atoms with Gasteiger partial charge in [-0.1, -0.05) is 98.3 Å². The normalized spacial score (nSPS) is 16.5. The fraction of sp³-hybridized carbons (Fsp3) is 1.00. The summed E-state index contributed by atoms with van der Waals surface area (Å²) in [6.45, 7) is 8.13. The quantitative estimate of drug-likeness (QED) is 0.140. The molecule has 0 aliphatic heterocycles. The molecule has 0 radical (unpaired) electrons. The van der Waals surface area contributed by atoms with Crippen molar-refractivity contribution >= 4 is 20.8 Å². The van der Waals surface area contributed by atoms with Crippen LogP contribution >= 0.6 is 0 Å². The van der Waals surface area contributed by atoms with Crippen LogP contribution < -0.4 is 0 Å². The predicted octanol–water partition coefficient (Wildman–Crippen LogP) is 4.97. The Kier molecular flexibility index (Phi) is 12.4. The second-order valence-corrected chi connectivity index (χ2v) is 10.5. The molecule has 2 unspecified atom stereocenters. The Balaban J connectivity index is 4.63. The van der Waals surface area contributed by atoms with E-state index in [0.717, 1.165) is 26.2 Å². The molecule has 2 atom stereocenters. The molecule has 0 spiro atoms. The molecule has 176 valence electrons. The zero-order valence-electron chi connectivity index (χ0n) is 18.5. The van der Waals surface area contributed by atoms with E-state index in [1.54, 1.807) is 20.8 Å². The molecular weight excluding hydrogens is 420 g/mol. The summed E-state index contributed by atoms with van der Waals surface area (Å²) in [6.07, 6.45) is 12.4. The SMILES string of the molecule is CCCCCCCCCCCCC(C)C(C)(C)C(C)(OS(=O)(=O)[O-])OS(=O)(=O)O. The molecule has 0 aliphatic carbocycles. The van der Waals surface area contributed by atoms with E-state index in [9.17, 15) is 21.4 Å². The van der Waals surface area contributed by atoms with E-state index in [1.807, 2.05) is 0 Å². The summed E-state index contributed by atoms with van der Waals surface area (Å²) in [7, 11) is -10.3. The second kappa shape index (κ2) is 12.6. The highest BCUT2D eigenvalue weighted by molar-refractivity contribution is 7.81. The maximum Gasteiger partial charge on any atom is 0.400 e. The molecule has 10 heteroatoms. The monoisotopic (exact) mass is 459 g/mol. The summed E-state index contributed by atoms with van der Waals surface area (Å²) >= 11 is 0. The van der Waals surface area contributed by atoms with Gasteiger partial charge in [0.15, 0.2) is 0 Å². The lowest BCUT2D eigenvalue weighted by atomic mass is 9.71. The van der Waals surface area contributed by atoms with Crippen molar-refractivity contribution in [3.05, 3.63) is 0 Å². The van der Waals surface area contributed by atoms with E-state index in [4.69, 9.17) is 4.55 Å². The van der Waals surface area contributed by atoms with Gasteiger partial charge in [-0.25, -0.2) is 16.8 Å². The molecule has 0 fully saturated rings. The molecule has 0 saturated carbocycles. The van der Waals surface area contributed by atoms with Gasteiger partial charge in [0.2, 0.25) is 16.2 Å². The Hall–Kier alpha value is -0.260. The van der Waals surface area contributed by atoms with Gasteiger partial charge in [-0.15, -0.1) is 0 Å². The van der Waals surface area contributed by atoms with Crippen LogP contribution in [-0.2, 0) is 29.2 Å². The van der Waals surface area contributed by atoms with E-state index >= 15 is 0 Å². The number of hydrogen-bond donors (Lipinski definition) is 1. The summed E-state index contributed by atoms with van der Waals surface area (Å²) in [4.78, 5) is 0. The van der Waals surface area contributed by atoms with Gasteiger partial charge in [-0.2, -0.15) is 8.42 Å². The molecule has 8 nitrogen and oxygen atoms in total. The van der Waals surface area contributed by atoms with Crippen LogP contribution in [0.3, 0.4) is 0 Å². The zero-order valence-corrected chi connectivity index (χ0v) is 20.1. The van der Waals surface area contributed by atoms with Gasteiger partial charge in [-0.05, 0) is 12.8 Å². The highest BCUT2D eigenvalue weighted by Crippen LogP contribution is 2.45. The van der Waals surface area contributed by atoms with E-state index in [0.29, 0.717) is 6.42 Å². The second-order valence-electron chi connectivity index (χ2n) is 8.54. The first-order valence-electron chi connectivity index (χ1n) is 10.5. The molecule has 0 heterocycles. The van der Waals surface area contributed by atoms with Gasteiger partial charge in [0, 0.05) is 5.41 Å².